The Balaban J connectivity index is 1.70. The van der Waals surface area contributed by atoms with E-state index in [0.29, 0.717) is 17.1 Å². The monoisotopic (exact) mass is 365 g/mol. The van der Waals surface area contributed by atoms with Crippen LogP contribution in [0.4, 0.5) is 5.69 Å². The Morgan fingerprint density at radius 3 is 2.65 bits per heavy atom. The first kappa shape index (κ1) is 17.0. The number of hydrogen-bond acceptors (Lipinski definition) is 4. The van der Waals surface area contributed by atoms with Gasteiger partial charge >= 0.3 is 0 Å². The molecule has 2 heterocycles. The molecule has 5 heteroatoms. The summed E-state index contributed by atoms with van der Waals surface area (Å²) in [5.74, 6) is -0.114. The van der Waals surface area contributed by atoms with Crippen molar-refractivity contribution in [2.75, 3.05) is 5.73 Å². The highest BCUT2D eigenvalue weighted by Gasteiger charge is 2.24. The van der Waals surface area contributed by atoms with Crippen molar-refractivity contribution in [3.8, 4) is 0 Å². The van der Waals surface area contributed by atoms with Crippen LogP contribution in [-0.2, 0) is 25.8 Å². The Hall–Kier alpha value is -2.40. The van der Waals surface area contributed by atoms with E-state index in [1.807, 2.05) is 30.3 Å². The zero-order valence-corrected chi connectivity index (χ0v) is 15.8. The van der Waals surface area contributed by atoms with Gasteiger partial charge in [-0.15, -0.1) is 11.3 Å². The number of hydrogen-bond donors (Lipinski definition) is 2. The van der Waals surface area contributed by atoms with E-state index in [0.717, 1.165) is 35.0 Å². The Kier molecular flexibility index (Phi) is 4.64. The summed E-state index contributed by atoms with van der Waals surface area (Å²) in [6.45, 7) is 2.65. The quantitative estimate of drug-likeness (QED) is 0.726. The molecule has 1 aliphatic carbocycles. The normalized spacial score (nSPS) is 13.6. The average Bonchev–Trinajstić information content (AvgIpc) is 3.03. The van der Waals surface area contributed by atoms with Gasteiger partial charge in [0.1, 0.15) is 9.71 Å². The van der Waals surface area contributed by atoms with Crippen LogP contribution in [0, 0.1) is 0 Å². The van der Waals surface area contributed by atoms with E-state index >= 15 is 0 Å². The number of benzene rings is 1. The molecule has 0 radical (unpaired) electrons. The van der Waals surface area contributed by atoms with Crippen molar-refractivity contribution in [1.82, 2.24) is 10.3 Å². The zero-order valence-electron chi connectivity index (χ0n) is 15.0. The molecule has 4 rings (SSSR count). The number of carbonyl (C=O) groups excluding carboxylic acids is 1. The van der Waals surface area contributed by atoms with E-state index in [-0.39, 0.29) is 5.91 Å². The molecule has 134 valence electrons. The maximum atomic E-state index is 12.7. The van der Waals surface area contributed by atoms with Gasteiger partial charge in [-0.1, -0.05) is 37.3 Å². The minimum absolute atomic E-state index is 0.114. The molecule has 2 aromatic heterocycles. The zero-order chi connectivity index (χ0) is 18.1. The fraction of sp³-hybridized carbons (Fsp3) is 0.333. The predicted octanol–water partition coefficient (Wildman–Crippen LogP) is 4.25. The summed E-state index contributed by atoms with van der Waals surface area (Å²) >= 11 is 1.42. The summed E-state index contributed by atoms with van der Waals surface area (Å²) < 4.78 is 0. The molecule has 0 fully saturated rings. The van der Waals surface area contributed by atoms with Crippen LogP contribution in [0.5, 0.6) is 0 Å². The second kappa shape index (κ2) is 7.08. The summed E-state index contributed by atoms with van der Waals surface area (Å²) in [4.78, 5) is 19.1. The van der Waals surface area contributed by atoms with Crippen LogP contribution in [0.3, 0.4) is 0 Å². The van der Waals surface area contributed by atoms with E-state index in [1.54, 1.807) is 0 Å². The van der Waals surface area contributed by atoms with Crippen LogP contribution in [-0.4, -0.2) is 10.9 Å². The second-order valence-electron chi connectivity index (χ2n) is 6.77. The van der Waals surface area contributed by atoms with Gasteiger partial charge < -0.3 is 11.1 Å². The van der Waals surface area contributed by atoms with Crippen molar-refractivity contribution >= 4 is 33.1 Å². The van der Waals surface area contributed by atoms with Crippen molar-refractivity contribution in [3.63, 3.8) is 0 Å². The standard InChI is InChI=1S/C21H23N3OS/c1-2-16-14-10-6-7-11-15(14)17-18(22)19(26-21(17)24-16)20(25)23-12-13-8-4-3-5-9-13/h3-5,8-9H,2,6-7,10-12,22H2,1H3,(H,23,25). The number of fused-ring (bicyclic) bond motifs is 3. The van der Waals surface area contributed by atoms with E-state index < -0.39 is 0 Å². The van der Waals surface area contributed by atoms with Crippen LogP contribution in [0.2, 0.25) is 0 Å². The third-order valence-corrected chi connectivity index (χ3v) is 6.22. The minimum atomic E-state index is -0.114. The number of anilines is 1. The van der Waals surface area contributed by atoms with Crippen LogP contribution in [0.15, 0.2) is 30.3 Å². The number of aryl methyl sites for hydroxylation is 2. The number of nitrogens with two attached hydrogens (primary N) is 1. The number of thiophene rings is 1. The third kappa shape index (κ3) is 2.97. The van der Waals surface area contributed by atoms with Crippen molar-refractivity contribution in [1.29, 1.82) is 0 Å². The summed E-state index contributed by atoms with van der Waals surface area (Å²) in [7, 11) is 0. The van der Waals surface area contributed by atoms with Gasteiger partial charge in [-0.05, 0) is 48.8 Å². The van der Waals surface area contributed by atoms with Crippen molar-refractivity contribution in [3.05, 3.63) is 57.6 Å². The summed E-state index contributed by atoms with van der Waals surface area (Å²) in [5.41, 5.74) is 12.0. The van der Waals surface area contributed by atoms with E-state index in [2.05, 4.69) is 12.2 Å². The number of aromatic nitrogens is 1. The number of nitrogen functional groups attached to an aromatic ring is 1. The first-order chi connectivity index (χ1) is 12.7. The molecule has 3 aromatic rings. The van der Waals surface area contributed by atoms with E-state index in [1.165, 1.54) is 41.0 Å². The Labute approximate surface area is 157 Å². The number of amides is 1. The molecule has 1 amide bonds. The average molecular weight is 366 g/mol. The molecule has 0 aliphatic heterocycles. The summed E-state index contributed by atoms with van der Waals surface area (Å²) in [6, 6.07) is 9.91. The Bertz CT molecular complexity index is 963. The topological polar surface area (TPSA) is 68.0 Å². The third-order valence-electron chi connectivity index (χ3n) is 5.12. The first-order valence-electron chi connectivity index (χ1n) is 9.23. The van der Waals surface area contributed by atoms with Gasteiger partial charge in [0, 0.05) is 17.6 Å². The van der Waals surface area contributed by atoms with Crippen molar-refractivity contribution in [2.24, 2.45) is 0 Å². The van der Waals surface area contributed by atoms with Crippen LogP contribution < -0.4 is 11.1 Å². The van der Waals surface area contributed by atoms with Gasteiger partial charge in [-0.25, -0.2) is 4.98 Å². The fourth-order valence-corrected chi connectivity index (χ4v) is 4.87. The Morgan fingerprint density at radius 1 is 1.19 bits per heavy atom. The van der Waals surface area contributed by atoms with Gasteiger partial charge in [-0.2, -0.15) is 0 Å². The summed E-state index contributed by atoms with van der Waals surface area (Å²) in [6.07, 6.45) is 5.42. The molecule has 0 spiro atoms. The first-order valence-corrected chi connectivity index (χ1v) is 10.1. The molecule has 4 nitrogen and oxygen atoms in total. The van der Waals surface area contributed by atoms with Crippen molar-refractivity contribution < 1.29 is 4.79 Å². The summed E-state index contributed by atoms with van der Waals surface area (Å²) in [5, 5.41) is 4.01. The molecule has 0 bridgehead atoms. The van der Waals surface area contributed by atoms with Gasteiger partial charge in [0.15, 0.2) is 0 Å². The molecule has 0 saturated carbocycles. The highest BCUT2D eigenvalue weighted by atomic mass is 32.1. The molecular formula is C21H23N3OS. The maximum absolute atomic E-state index is 12.7. The minimum Gasteiger partial charge on any atom is -0.397 e. The molecule has 1 aliphatic rings. The Morgan fingerprint density at radius 2 is 1.92 bits per heavy atom. The van der Waals surface area contributed by atoms with Gasteiger partial charge in [0.2, 0.25) is 0 Å². The maximum Gasteiger partial charge on any atom is 0.263 e. The molecule has 26 heavy (non-hydrogen) atoms. The number of nitrogens with one attached hydrogen (secondary N) is 1. The van der Waals surface area contributed by atoms with Gasteiger partial charge in [-0.3, -0.25) is 4.79 Å². The smallest absolute Gasteiger partial charge is 0.263 e. The SMILES string of the molecule is CCc1nc2sc(C(=O)NCc3ccccc3)c(N)c2c2c1CCCC2. The lowest BCUT2D eigenvalue weighted by Crippen LogP contribution is -2.22. The molecule has 0 atom stereocenters. The predicted molar refractivity (Wildman–Crippen MR) is 108 cm³/mol. The lowest BCUT2D eigenvalue weighted by atomic mass is 9.88. The largest absolute Gasteiger partial charge is 0.397 e. The molecule has 3 N–H and O–H groups in total. The molecule has 1 aromatic carbocycles. The number of nitrogens with zero attached hydrogens (tertiary/aromatic N) is 1. The van der Waals surface area contributed by atoms with Crippen LogP contribution in [0.1, 0.15) is 51.8 Å². The van der Waals surface area contributed by atoms with Crippen LogP contribution in [0.25, 0.3) is 10.2 Å². The lowest BCUT2D eigenvalue weighted by Gasteiger charge is -2.19. The number of rotatable bonds is 4. The second-order valence-corrected chi connectivity index (χ2v) is 7.77. The lowest BCUT2D eigenvalue weighted by molar-refractivity contribution is 0.0956. The van der Waals surface area contributed by atoms with E-state index in [4.69, 9.17) is 10.7 Å². The number of carbonyl (C=O) groups is 1. The van der Waals surface area contributed by atoms with Crippen LogP contribution >= 0.6 is 11.3 Å². The highest BCUT2D eigenvalue weighted by Crippen LogP contribution is 2.39. The number of pyridine rings is 1. The van der Waals surface area contributed by atoms with Crippen molar-refractivity contribution in [2.45, 2.75) is 45.6 Å². The molecule has 0 unspecified atom stereocenters. The van der Waals surface area contributed by atoms with Gasteiger partial charge in [0.05, 0.1) is 5.69 Å². The van der Waals surface area contributed by atoms with E-state index in [9.17, 15) is 4.79 Å². The fourth-order valence-electron chi connectivity index (χ4n) is 3.81. The highest BCUT2D eigenvalue weighted by molar-refractivity contribution is 7.21. The molecular weight excluding hydrogens is 342 g/mol. The van der Waals surface area contributed by atoms with Gasteiger partial charge in [0.25, 0.3) is 5.91 Å². The molecule has 0 saturated heterocycles.